The molecular formula is C12H21NO18S2. The first-order chi connectivity index (χ1) is 14.7. The molecule has 2 aliphatic rings. The Morgan fingerprint density at radius 1 is 0.939 bits per heavy atom. The molecule has 0 aromatic heterocycles. The van der Waals surface area contributed by atoms with Gasteiger partial charge in [-0.1, -0.05) is 0 Å². The molecule has 5 unspecified atom stereocenters. The summed E-state index contributed by atoms with van der Waals surface area (Å²) in [6.45, 7) is -1.56. The zero-order valence-electron chi connectivity index (χ0n) is 15.9. The van der Waals surface area contributed by atoms with Crippen molar-refractivity contribution in [2.24, 2.45) is 5.73 Å². The van der Waals surface area contributed by atoms with Crippen LogP contribution in [0, 0.1) is 0 Å². The summed E-state index contributed by atoms with van der Waals surface area (Å²) in [5, 5.41) is 74.2. The van der Waals surface area contributed by atoms with E-state index < -0.39 is 91.5 Å². The number of nitrogens with two attached hydrogens (primary N) is 1. The average Bonchev–Trinajstić information content (AvgIpc) is 2.68. The highest BCUT2D eigenvalue weighted by Crippen LogP contribution is 2.48. The highest BCUT2D eigenvalue weighted by atomic mass is 32.2. The Bertz CT molecular complexity index is 986. The Kier molecular flexibility index (Phi) is 7.24. The van der Waals surface area contributed by atoms with E-state index in [0.717, 1.165) is 0 Å². The highest BCUT2D eigenvalue weighted by Gasteiger charge is 2.83. The van der Waals surface area contributed by atoms with Crippen molar-refractivity contribution in [1.29, 1.82) is 0 Å². The predicted octanol–water partition coefficient (Wildman–Crippen LogP) is -8.15. The second kappa shape index (κ2) is 8.51. The summed E-state index contributed by atoms with van der Waals surface area (Å²) in [6, 6.07) is 0. The fourth-order valence-electron chi connectivity index (χ4n) is 3.20. The Morgan fingerprint density at radius 2 is 1.45 bits per heavy atom. The van der Waals surface area contributed by atoms with E-state index in [2.05, 4.69) is 14.2 Å². The van der Waals surface area contributed by atoms with Crippen LogP contribution in [0.5, 0.6) is 0 Å². The Hall–Kier alpha value is -1.15. The van der Waals surface area contributed by atoms with Gasteiger partial charge in [0.05, 0.1) is 6.61 Å². The molecule has 2 saturated heterocycles. The maximum atomic E-state index is 12.5. The van der Waals surface area contributed by atoms with E-state index >= 15 is 0 Å². The minimum absolute atomic E-state index is 1.56. The molecule has 21 heteroatoms. The number of rotatable bonds is 5. The molecule has 19 nitrogen and oxygen atoms in total. The zero-order chi connectivity index (χ0) is 25.9. The maximum Gasteiger partial charge on any atom is 0.340 e. The van der Waals surface area contributed by atoms with E-state index in [1.54, 1.807) is 0 Å². The lowest BCUT2D eigenvalue weighted by Crippen LogP contribution is -2.88. The summed E-state index contributed by atoms with van der Waals surface area (Å²) in [7, 11) is -12.8. The van der Waals surface area contributed by atoms with Gasteiger partial charge in [0.1, 0.15) is 24.4 Å². The lowest BCUT2D eigenvalue weighted by Gasteiger charge is -2.54. The van der Waals surface area contributed by atoms with Crippen molar-refractivity contribution >= 4 is 26.2 Å². The summed E-state index contributed by atoms with van der Waals surface area (Å²) in [6.07, 6.45) is -17.7. The number of hydrogen-bond donors (Lipinski definition) is 11. The van der Waals surface area contributed by atoms with Gasteiger partial charge in [0, 0.05) is 0 Å². The van der Waals surface area contributed by atoms with Gasteiger partial charge in [0.2, 0.25) is 0 Å². The van der Waals surface area contributed by atoms with Crippen LogP contribution in [0.4, 0.5) is 0 Å². The predicted molar refractivity (Wildman–Crippen MR) is 92.9 cm³/mol. The van der Waals surface area contributed by atoms with Gasteiger partial charge in [0.25, 0.3) is 20.8 Å². The fraction of sp³-hybridized carbons (Fsp3) is 0.917. The molecule has 0 aliphatic carbocycles. The molecule has 2 aliphatic heterocycles. The van der Waals surface area contributed by atoms with E-state index in [0.29, 0.717) is 0 Å². The monoisotopic (exact) mass is 531 g/mol. The van der Waals surface area contributed by atoms with Crippen molar-refractivity contribution < 1.29 is 85.8 Å². The van der Waals surface area contributed by atoms with E-state index in [4.69, 9.17) is 5.73 Å². The van der Waals surface area contributed by atoms with Gasteiger partial charge in [0.15, 0.2) is 18.5 Å². The SMILES string of the molecule is N[C@]1(S(=O)(=O)O)[C@](O)(OC(=O)C2OC(O)C(O)C(O)C2O)[C@H](O)[C@@H](CO)O[C@@]1(O)S(=O)(=O)O. The van der Waals surface area contributed by atoms with Crippen LogP contribution in [0.15, 0.2) is 0 Å². The van der Waals surface area contributed by atoms with Crippen LogP contribution in [-0.4, -0.2) is 138 Å². The average molecular weight is 531 g/mol. The lowest BCUT2D eigenvalue weighted by atomic mass is 9.91. The minimum Gasteiger partial charge on any atom is -0.425 e. The van der Waals surface area contributed by atoms with Crippen molar-refractivity contribution in [3.63, 3.8) is 0 Å². The molecule has 2 heterocycles. The van der Waals surface area contributed by atoms with Crippen LogP contribution >= 0.6 is 0 Å². The molecule has 0 aromatic carbocycles. The second-order valence-corrected chi connectivity index (χ2v) is 10.2. The molecule has 0 amide bonds. The first-order valence-corrected chi connectivity index (χ1v) is 11.3. The quantitative estimate of drug-likeness (QED) is 0.0890. The van der Waals surface area contributed by atoms with E-state index in [1.807, 2.05) is 0 Å². The van der Waals surface area contributed by atoms with Gasteiger partial charge < -0.3 is 55.1 Å². The number of carbonyl (C=O) groups is 1. The molecule has 2 rings (SSSR count). The van der Waals surface area contributed by atoms with E-state index in [9.17, 15) is 71.6 Å². The molecule has 0 aromatic rings. The van der Waals surface area contributed by atoms with Crippen molar-refractivity contribution in [2.75, 3.05) is 6.61 Å². The largest absolute Gasteiger partial charge is 0.425 e. The number of aliphatic hydroxyl groups is 8. The Balaban J connectivity index is 2.69. The Morgan fingerprint density at radius 3 is 1.88 bits per heavy atom. The van der Waals surface area contributed by atoms with Gasteiger partial charge in [-0.2, -0.15) is 16.8 Å². The lowest BCUT2D eigenvalue weighted by molar-refractivity contribution is -0.377. The van der Waals surface area contributed by atoms with E-state index in [-0.39, 0.29) is 0 Å². The number of hydrogen-bond acceptors (Lipinski definition) is 17. The van der Waals surface area contributed by atoms with Crippen LogP contribution in [0.3, 0.4) is 0 Å². The van der Waals surface area contributed by atoms with Crippen LogP contribution in [0.1, 0.15) is 0 Å². The summed E-state index contributed by atoms with van der Waals surface area (Å²) in [5.74, 6) is -6.76. The van der Waals surface area contributed by atoms with E-state index in [1.165, 1.54) is 0 Å². The number of ether oxygens (including phenoxy) is 3. The third kappa shape index (κ3) is 3.93. The van der Waals surface area contributed by atoms with Crippen LogP contribution in [0.2, 0.25) is 0 Å². The van der Waals surface area contributed by atoms with Gasteiger partial charge in [-0.3, -0.25) is 14.8 Å². The summed E-state index contributed by atoms with van der Waals surface area (Å²) in [4.78, 5) is 7.70. The normalized spacial score (nSPS) is 47.2. The third-order valence-electron chi connectivity index (χ3n) is 5.08. The summed E-state index contributed by atoms with van der Waals surface area (Å²) in [5.41, 5.74) is 5.21. The van der Waals surface area contributed by atoms with Gasteiger partial charge in [-0.05, 0) is 0 Å². The fourth-order valence-corrected chi connectivity index (χ4v) is 5.51. The van der Waals surface area contributed by atoms with Crippen molar-refractivity contribution in [1.82, 2.24) is 0 Å². The van der Waals surface area contributed by atoms with Crippen molar-refractivity contribution in [2.45, 2.75) is 58.7 Å². The molecule has 0 bridgehead atoms. The van der Waals surface area contributed by atoms with Gasteiger partial charge in [-0.25, -0.2) is 4.79 Å². The highest BCUT2D eigenvalue weighted by molar-refractivity contribution is 7.91. The molecule has 0 spiro atoms. The first-order valence-electron chi connectivity index (χ1n) is 8.46. The smallest absolute Gasteiger partial charge is 0.340 e. The molecular weight excluding hydrogens is 510 g/mol. The standard InChI is InChI=1S/C12H21NO18S2/c13-11(32(23,24)25)10(21,7(18)2(1-14)30-12(11,22)33(26,27)28)31-9(20)6-4(16)3(15)5(17)8(19)29-6/h2-8,14-19,21-22H,1,13H2,(H,23,24,25)(H,26,27,28)/t2-,3?,4?,5?,6?,7-,8?,10-,11+,12-/m1/s1. The Labute approximate surface area is 183 Å². The zero-order valence-corrected chi connectivity index (χ0v) is 17.5. The number of esters is 1. The molecule has 194 valence electrons. The van der Waals surface area contributed by atoms with Crippen molar-refractivity contribution in [3.05, 3.63) is 0 Å². The van der Waals surface area contributed by atoms with Gasteiger partial charge in [-0.15, -0.1) is 0 Å². The second-order valence-electron chi connectivity index (χ2n) is 7.09. The van der Waals surface area contributed by atoms with Crippen molar-refractivity contribution in [3.8, 4) is 0 Å². The van der Waals surface area contributed by atoms with Crippen LogP contribution in [0.25, 0.3) is 0 Å². The number of aliphatic hydroxyl groups excluding tert-OH is 6. The summed E-state index contributed by atoms with van der Waals surface area (Å²) >= 11 is 0. The van der Waals surface area contributed by atoms with Crippen LogP contribution < -0.4 is 5.73 Å². The molecule has 0 saturated carbocycles. The van der Waals surface area contributed by atoms with Gasteiger partial charge >= 0.3 is 21.2 Å². The first kappa shape index (κ1) is 28.1. The minimum atomic E-state index is -6.46. The topological polar surface area (TPSA) is 341 Å². The molecule has 0 radical (unpaired) electrons. The molecule has 33 heavy (non-hydrogen) atoms. The molecule has 10 atom stereocenters. The van der Waals surface area contributed by atoms with Crippen LogP contribution in [-0.2, 0) is 39.2 Å². The molecule has 12 N–H and O–H groups in total. The third-order valence-corrected chi connectivity index (χ3v) is 7.71. The molecule has 2 fully saturated rings. The summed E-state index contributed by atoms with van der Waals surface area (Å²) < 4.78 is 79.3. The number of carbonyl (C=O) groups excluding carboxylic acids is 1. The maximum absolute atomic E-state index is 12.5.